The highest BCUT2D eigenvalue weighted by atomic mass is 16.6. The zero-order valence-electron chi connectivity index (χ0n) is 13.7. The van der Waals surface area contributed by atoms with Gasteiger partial charge >= 0.3 is 6.09 Å². The predicted octanol–water partition coefficient (Wildman–Crippen LogP) is 3.33. The van der Waals surface area contributed by atoms with E-state index >= 15 is 0 Å². The van der Waals surface area contributed by atoms with E-state index < -0.39 is 17.7 Å². The van der Waals surface area contributed by atoms with Crippen LogP contribution in [0, 0.1) is 6.92 Å². The first-order chi connectivity index (χ1) is 10.3. The first kappa shape index (κ1) is 16.3. The highest BCUT2D eigenvalue weighted by molar-refractivity contribution is 5.97. The summed E-state index contributed by atoms with van der Waals surface area (Å²) < 4.78 is 5.38. The van der Waals surface area contributed by atoms with E-state index in [1.165, 1.54) is 4.90 Å². The van der Waals surface area contributed by atoms with Crippen LogP contribution in [0.3, 0.4) is 0 Å². The largest absolute Gasteiger partial charge is 0.444 e. The molecule has 1 atom stereocenters. The lowest BCUT2D eigenvalue weighted by molar-refractivity contribution is -0.120. The molecule has 22 heavy (non-hydrogen) atoms. The molecule has 2 amide bonds. The number of hydrogen-bond acceptors (Lipinski definition) is 3. The van der Waals surface area contributed by atoms with Gasteiger partial charge < -0.3 is 10.1 Å². The molecule has 5 nitrogen and oxygen atoms in total. The van der Waals surface area contributed by atoms with Crippen LogP contribution in [-0.4, -0.2) is 35.1 Å². The number of rotatable bonds is 2. The third kappa shape index (κ3) is 4.00. The van der Waals surface area contributed by atoms with E-state index in [4.69, 9.17) is 4.74 Å². The number of nitrogens with zero attached hydrogens (tertiary/aromatic N) is 1. The Bertz CT molecular complexity index is 563. The molecule has 0 aliphatic carbocycles. The maximum atomic E-state index is 12.5. The van der Waals surface area contributed by atoms with Gasteiger partial charge in [0.25, 0.3) is 0 Å². The summed E-state index contributed by atoms with van der Waals surface area (Å²) in [6, 6.07) is 7.14. The van der Waals surface area contributed by atoms with Crippen molar-refractivity contribution in [2.24, 2.45) is 0 Å². The zero-order chi connectivity index (χ0) is 16.3. The molecule has 1 aromatic rings. The van der Waals surface area contributed by atoms with Gasteiger partial charge in [0.1, 0.15) is 11.6 Å². The normalized spacial score (nSPS) is 18.2. The highest BCUT2D eigenvalue weighted by Crippen LogP contribution is 2.23. The second-order valence-electron chi connectivity index (χ2n) is 6.64. The fraction of sp³-hybridized carbons (Fsp3) is 0.529. The summed E-state index contributed by atoms with van der Waals surface area (Å²) >= 11 is 0. The Morgan fingerprint density at radius 2 is 1.95 bits per heavy atom. The summed E-state index contributed by atoms with van der Waals surface area (Å²) in [7, 11) is 0. The van der Waals surface area contributed by atoms with Gasteiger partial charge in [-0.25, -0.2) is 4.79 Å². The van der Waals surface area contributed by atoms with Crippen molar-refractivity contribution < 1.29 is 14.3 Å². The van der Waals surface area contributed by atoms with Gasteiger partial charge in [0, 0.05) is 12.2 Å². The van der Waals surface area contributed by atoms with Gasteiger partial charge in [0.2, 0.25) is 5.91 Å². The van der Waals surface area contributed by atoms with Gasteiger partial charge in [0.15, 0.2) is 0 Å². The van der Waals surface area contributed by atoms with E-state index in [2.05, 4.69) is 5.32 Å². The maximum Gasteiger partial charge on any atom is 0.410 e. The molecule has 0 bridgehead atoms. The van der Waals surface area contributed by atoms with Crippen LogP contribution in [0.2, 0.25) is 0 Å². The molecule has 1 aromatic carbocycles. The molecular weight excluding hydrogens is 280 g/mol. The molecular formula is C17H24N2O3. The summed E-state index contributed by atoms with van der Waals surface area (Å²) in [4.78, 5) is 26.2. The Balaban J connectivity index is 2.05. The molecule has 0 radical (unpaired) electrons. The number of para-hydroxylation sites is 1. The molecule has 0 aromatic heterocycles. The van der Waals surface area contributed by atoms with Gasteiger partial charge in [-0.3, -0.25) is 9.69 Å². The first-order valence-electron chi connectivity index (χ1n) is 7.64. The minimum Gasteiger partial charge on any atom is -0.444 e. The van der Waals surface area contributed by atoms with Crippen LogP contribution in [0.4, 0.5) is 10.5 Å². The SMILES string of the molecule is Cc1ccccc1NC(=O)[C@H]1CCCN1C(=O)OC(C)(C)C. The summed E-state index contributed by atoms with van der Waals surface area (Å²) in [6.45, 7) is 7.97. The molecule has 1 aliphatic heterocycles. The van der Waals surface area contributed by atoms with Crippen LogP contribution in [-0.2, 0) is 9.53 Å². The lowest BCUT2D eigenvalue weighted by Crippen LogP contribution is -2.45. The van der Waals surface area contributed by atoms with Crippen molar-refractivity contribution in [1.82, 2.24) is 4.90 Å². The summed E-state index contributed by atoms with van der Waals surface area (Å²) in [5.41, 5.74) is 1.22. The Kier molecular flexibility index (Phi) is 4.74. The number of benzene rings is 1. The number of nitrogens with one attached hydrogen (secondary N) is 1. The Morgan fingerprint density at radius 3 is 2.59 bits per heavy atom. The van der Waals surface area contributed by atoms with E-state index in [1.807, 2.05) is 52.0 Å². The van der Waals surface area contributed by atoms with Crippen LogP contribution >= 0.6 is 0 Å². The van der Waals surface area contributed by atoms with E-state index in [0.717, 1.165) is 17.7 Å². The smallest absolute Gasteiger partial charge is 0.410 e. The molecule has 1 heterocycles. The standard InChI is InChI=1S/C17H24N2O3/c1-12-8-5-6-9-13(12)18-15(20)14-10-7-11-19(14)16(21)22-17(2,3)4/h5-6,8-9,14H,7,10-11H2,1-4H3,(H,18,20)/t14-/m1/s1. The topological polar surface area (TPSA) is 58.6 Å². The van der Waals surface area contributed by atoms with Crippen LogP contribution in [0.1, 0.15) is 39.2 Å². The second-order valence-corrected chi connectivity index (χ2v) is 6.64. The van der Waals surface area contributed by atoms with Crippen molar-refractivity contribution in [3.8, 4) is 0 Å². The van der Waals surface area contributed by atoms with Crippen molar-refractivity contribution in [1.29, 1.82) is 0 Å². The molecule has 1 saturated heterocycles. The molecule has 120 valence electrons. The van der Waals surface area contributed by atoms with Crippen LogP contribution in [0.25, 0.3) is 0 Å². The number of ether oxygens (including phenoxy) is 1. The number of carbonyl (C=O) groups is 2. The fourth-order valence-corrected chi connectivity index (χ4v) is 2.51. The molecule has 2 rings (SSSR count). The third-order valence-corrected chi connectivity index (χ3v) is 3.59. The Morgan fingerprint density at radius 1 is 1.27 bits per heavy atom. The summed E-state index contributed by atoms with van der Waals surface area (Å²) in [6.07, 6.45) is 1.05. The molecule has 5 heteroatoms. The Hall–Kier alpha value is -2.04. The van der Waals surface area contributed by atoms with Gasteiger partial charge in [0.05, 0.1) is 0 Å². The van der Waals surface area contributed by atoms with Crippen molar-refractivity contribution >= 4 is 17.7 Å². The third-order valence-electron chi connectivity index (χ3n) is 3.59. The average Bonchev–Trinajstić information content (AvgIpc) is 2.89. The first-order valence-corrected chi connectivity index (χ1v) is 7.64. The minimum atomic E-state index is -0.559. The van der Waals surface area contributed by atoms with Crippen LogP contribution in [0.5, 0.6) is 0 Å². The van der Waals surface area contributed by atoms with Crippen molar-refractivity contribution in [2.45, 2.75) is 52.2 Å². The van der Waals surface area contributed by atoms with Gasteiger partial charge in [-0.15, -0.1) is 0 Å². The summed E-state index contributed by atoms with van der Waals surface area (Å²) in [5.74, 6) is -0.155. The van der Waals surface area contributed by atoms with Crippen molar-refractivity contribution in [3.05, 3.63) is 29.8 Å². The van der Waals surface area contributed by atoms with Crippen molar-refractivity contribution in [3.63, 3.8) is 0 Å². The van der Waals surface area contributed by atoms with E-state index in [0.29, 0.717) is 13.0 Å². The number of anilines is 1. The fourth-order valence-electron chi connectivity index (χ4n) is 2.51. The van der Waals surface area contributed by atoms with E-state index in [-0.39, 0.29) is 5.91 Å². The zero-order valence-corrected chi connectivity index (χ0v) is 13.7. The van der Waals surface area contributed by atoms with Crippen molar-refractivity contribution in [2.75, 3.05) is 11.9 Å². The molecule has 1 N–H and O–H groups in total. The second kappa shape index (κ2) is 6.38. The number of amides is 2. The molecule has 1 aliphatic rings. The molecule has 0 saturated carbocycles. The number of aryl methyl sites for hydroxylation is 1. The highest BCUT2D eigenvalue weighted by Gasteiger charge is 2.36. The van der Waals surface area contributed by atoms with Gasteiger partial charge in [-0.05, 0) is 52.2 Å². The lowest BCUT2D eigenvalue weighted by atomic mass is 10.1. The quantitative estimate of drug-likeness (QED) is 0.911. The lowest BCUT2D eigenvalue weighted by Gasteiger charge is -2.28. The van der Waals surface area contributed by atoms with E-state index in [1.54, 1.807) is 0 Å². The van der Waals surface area contributed by atoms with E-state index in [9.17, 15) is 9.59 Å². The molecule has 1 fully saturated rings. The molecule has 0 unspecified atom stereocenters. The monoisotopic (exact) mass is 304 g/mol. The number of carbonyl (C=O) groups excluding carboxylic acids is 2. The average molecular weight is 304 g/mol. The summed E-state index contributed by atoms with van der Waals surface area (Å²) in [5, 5.41) is 2.91. The van der Waals surface area contributed by atoms with Gasteiger partial charge in [-0.1, -0.05) is 18.2 Å². The van der Waals surface area contributed by atoms with Crippen LogP contribution < -0.4 is 5.32 Å². The van der Waals surface area contributed by atoms with Crippen LogP contribution in [0.15, 0.2) is 24.3 Å². The number of hydrogen-bond donors (Lipinski definition) is 1. The molecule has 0 spiro atoms. The number of likely N-dealkylation sites (tertiary alicyclic amines) is 1. The minimum absolute atomic E-state index is 0.155. The predicted molar refractivity (Wildman–Crippen MR) is 85.8 cm³/mol. The Labute approximate surface area is 131 Å². The maximum absolute atomic E-state index is 12.5. The van der Waals surface area contributed by atoms with Gasteiger partial charge in [-0.2, -0.15) is 0 Å².